The zero-order valence-corrected chi connectivity index (χ0v) is 14.3. The van der Waals surface area contributed by atoms with Gasteiger partial charge in [0.15, 0.2) is 11.0 Å². The van der Waals surface area contributed by atoms with Crippen LogP contribution in [-0.2, 0) is 17.3 Å². The van der Waals surface area contributed by atoms with E-state index < -0.39 is 34.5 Å². The van der Waals surface area contributed by atoms with E-state index in [1.54, 1.807) is 0 Å². The number of nitrogens with zero attached hydrogens (tertiary/aromatic N) is 2. The van der Waals surface area contributed by atoms with Crippen LogP contribution in [0.15, 0.2) is 35.5 Å². The van der Waals surface area contributed by atoms with E-state index in [-0.39, 0.29) is 16.3 Å². The zero-order chi connectivity index (χ0) is 19.8. The fourth-order valence-corrected chi connectivity index (χ4v) is 3.37. The van der Waals surface area contributed by atoms with Gasteiger partial charge in [-0.3, -0.25) is 4.72 Å². The first-order valence-corrected chi connectivity index (χ1v) is 8.34. The third-order valence-electron chi connectivity index (χ3n) is 3.28. The number of rotatable bonds is 6. The third-order valence-corrected chi connectivity index (χ3v) is 4.57. The number of alkyl halides is 5. The lowest BCUT2D eigenvalue weighted by atomic mass is 10.2. The van der Waals surface area contributed by atoms with Crippen molar-refractivity contribution < 1.29 is 35.2 Å². The number of fused-ring (bicyclic) bond motifs is 1. The molecule has 3 rings (SSSR count). The Morgan fingerprint density at radius 3 is 2.70 bits per heavy atom. The molecule has 0 bridgehead atoms. The van der Waals surface area contributed by atoms with E-state index in [4.69, 9.17) is 11.9 Å². The first-order chi connectivity index (χ1) is 12.7. The molecule has 0 amide bonds. The molecule has 7 nitrogen and oxygen atoms in total. The number of aromatic nitrogens is 3. The van der Waals surface area contributed by atoms with Crippen molar-refractivity contribution in [2.75, 3.05) is 4.72 Å². The fraction of sp³-hybridized carbons (Fsp3) is 0.154. The number of nitrogens with one attached hydrogen (secondary N) is 2. The Morgan fingerprint density at radius 2 is 2.07 bits per heavy atom. The first-order valence-electron chi connectivity index (χ1n) is 6.89. The maximum atomic E-state index is 12.8. The molecule has 14 heteroatoms. The molecule has 2 aromatic heterocycles. The molecule has 2 heterocycles. The van der Waals surface area contributed by atoms with Crippen LogP contribution in [0.5, 0.6) is 11.6 Å². The molecule has 3 aromatic rings. The second-order valence-corrected chi connectivity index (χ2v) is 6.27. The Morgan fingerprint density at radius 1 is 1.33 bits per heavy atom. The van der Waals surface area contributed by atoms with Gasteiger partial charge in [0.2, 0.25) is 0 Å². The topological polar surface area (TPSA) is 81.2 Å². The predicted octanol–water partition coefficient (Wildman–Crippen LogP) is 4.11. The number of anilines is 1. The van der Waals surface area contributed by atoms with Crippen LogP contribution in [0.2, 0.25) is 0 Å². The lowest BCUT2D eigenvalue weighted by Gasteiger charge is -2.09. The summed E-state index contributed by atoms with van der Waals surface area (Å²) in [5, 5.41) is 3.46. The molecule has 0 aliphatic heterocycles. The van der Waals surface area contributed by atoms with Crippen molar-refractivity contribution in [3.8, 4) is 11.6 Å². The molecular formula is C13H8ClF5N4O3S. The molecule has 146 valence electrons. The summed E-state index contributed by atoms with van der Waals surface area (Å²) in [5.41, 5.74) is -0.0363. The Kier molecular flexibility index (Phi) is 5.15. The van der Waals surface area contributed by atoms with Gasteiger partial charge >= 0.3 is 12.9 Å². The summed E-state index contributed by atoms with van der Waals surface area (Å²) in [6.45, 7) is -3.01. The standard InChI is InChI=1S/C13H8ClF5N4O3S/c14-26-11-9(4-21-23(11)13(17,18)19)22-27(24)10-5-20-8-3-6(25-12(15)16)1-2-7(8)10/h1-5,12,20,22H. The number of aromatic amines is 1. The summed E-state index contributed by atoms with van der Waals surface area (Å²) in [7, 11) is -2.05. The predicted molar refractivity (Wildman–Crippen MR) is 85.0 cm³/mol. The van der Waals surface area contributed by atoms with E-state index in [0.717, 1.165) is 6.20 Å². The molecule has 27 heavy (non-hydrogen) atoms. The first kappa shape index (κ1) is 19.2. The minimum atomic E-state index is -4.90. The Bertz CT molecular complexity index is 990. The van der Waals surface area contributed by atoms with Crippen LogP contribution in [0.25, 0.3) is 10.9 Å². The van der Waals surface area contributed by atoms with Gasteiger partial charge in [-0.1, -0.05) is 0 Å². The smallest absolute Gasteiger partial charge is 0.435 e. The lowest BCUT2D eigenvalue weighted by molar-refractivity contribution is -0.213. The Labute approximate surface area is 154 Å². The number of hydrogen-bond donors (Lipinski definition) is 2. The van der Waals surface area contributed by atoms with E-state index in [1.165, 1.54) is 24.4 Å². The number of H-pyrrole nitrogens is 1. The zero-order valence-electron chi connectivity index (χ0n) is 12.8. The largest absolute Gasteiger partial charge is 0.507 e. The van der Waals surface area contributed by atoms with Crippen LogP contribution < -0.4 is 13.7 Å². The van der Waals surface area contributed by atoms with Crippen molar-refractivity contribution in [1.82, 2.24) is 14.8 Å². The van der Waals surface area contributed by atoms with Gasteiger partial charge in [0, 0.05) is 17.6 Å². The van der Waals surface area contributed by atoms with E-state index in [9.17, 15) is 26.2 Å². The molecule has 0 saturated heterocycles. The molecule has 0 aliphatic carbocycles. The van der Waals surface area contributed by atoms with Crippen LogP contribution >= 0.6 is 11.9 Å². The summed E-state index contributed by atoms with van der Waals surface area (Å²) < 4.78 is 85.6. The molecule has 0 spiro atoms. The molecule has 0 aliphatic rings. The fourth-order valence-electron chi connectivity index (χ4n) is 2.23. The Hall–Kier alpha value is -2.54. The van der Waals surface area contributed by atoms with Gasteiger partial charge in [0.1, 0.15) is 23.3 Å². The van der Waals surface area contributed by atoms with Crippen molar-refractivity contribution in [1.29, 1.82) is 0 Å². The van der Waals surface area contributed by atoms with Crippen LogP contribution in [0.1, 0.15) is 0 Å². The molecule has 2 N–H and O–H groups in total. The van der Waals surface area contributed by atoms with Gasteiger partial charge in [-0.25, -0.2) is 4.21 Å². The molecule has 1 atom stereocenters. The van der Waals surface area contributed by atoms with Gasteiger partial charge < -0.3 is 14.0 Å². The summed E-state index contributed by atoms with van der Waals surface area (Å²) in [5.74, 6) is -1.01. The van der Waals surface area contributed by atoms with Gasteiger partial charge in [-0.2, -0.15) is 13.9 Å². The third kappa shape index (κ3) is 3.93. The number of benzene rings is 1. The molecule has 0 saturated carbocycles. The van der Waals surface area contributed by atoms with Crippen LogP contribution in [0, 0.1) is 0 Å². The SMILES string of the molecule is O=S(Nc1cnn(C(F)(F)F)c1OCl)c1c[nH]c2cc(OC(F)F)ccc12. The highest BCUT2D eigenvalue weighted by Gasteiger charge is 2.37. The maximum Gasteiger partial charge on any atom is 0.507 e. The summed E-state index contributed by atoms with van der Waals surface area (Å²) in [6.07, 6.45) is -2.85. The van der Waals surface area contributed by atoms with Crippen molar-refractivity contribution >= 4 is 39.4 Å². The van der Waals surface area contributed by atoms with Crippen molar-refractivity contribution in [3.05, 3.63) is 30.6 Å². The average molecular weight is 431 g/mol. The highest BCUT2D eigenvalue weighted by atomic mass is 35.5. The van der Waals surface area contributed by atoms with Gasteiger partial charge in [-0.15, -0.1) is 17.9 Å². The van der Waals surface area contributed by atoms with Gasteiger partial charge in [0.25, 0.3) is 5.88 Å². The number of hydrogen-bond acceptors (Lipinski definition) is 4. The molecule has 1 aromatic carbocycles. The normalized spacial score (nSPS) is 13.1. The second-order valence-electron chi connectivity index (χ2n) is 4.93. The van der Waals surface area contributed by atoms with E-state index in [0.29, 0.717) is 10.9 Å². The quantitative estimate of drug-likeness (QED) is 0.577. The molecule has 1 unspecified atom stereocenters. The summed E-state index contributed by atoms with van der Waals surface area (Å²) in [6, 6.07) is 3.87. The molecular weight excluding hydrogens is 423 g/mol. The summed E-state index contributed by atoms with van der Waals surface area (Å²) in [4.78, 5) is 2.86. The van der Waals surface area contributed by atoms with Gasteiger partial charge in [-0.05, 0) is 12.1 Å². The van der Waals surface area contributed by atoms with Crippen molar-refractivity contribution in [2.24, 2.45) is 0 Å². The summed E-state index contributed by atoms with van der Waals surface area (Å²) >= 11 is 5.07. The van der Waals surface area contributed by atoms with Crippen LogP contribution in [0.3, 0.4) is 0 Å². The van der Waals surface area contributed by atoms with Crippen LogP contribution in [0.4, 0.5) is 27.6 Å². The maximum absolute atomic E-state index is 12.8. The van der Waals surface area contributed by atoms with E-state index in [2.05, 4.69) is 23.8 Å². The van der Waals surface area contributed by atoms with Crippen molar-refractivity contribution in [3.63, 3.8) is 0 Å². The van der Waals surface area contributed by atoms with Crippen LogP contribution in [-0.4, -0.2) is 25.6 Å². The minimum absolute atomic E-state index is 0.117. The number of ether oxygens (including phenoxy) is 1. The number of halogens is 6. The highest BCUT2D eigenvalue weighted by Crippen LogP contribution is 2.35. The van der Waals surface area contributed by atoms with E-state index in [1.807, 2.05) is 0 Å². The molecule has 0 radical (unpaired) electrons. The highest BCUT2D eigenvalue weighted by molar-refractivity contribution is 7.86. The Balaban J connectivity index is 1.88. The minimum Gasteiger partial charge on any atom is -0.435 e. The molecule has 0 fully saturated rings. The lowest BCUT2D eigenvalue weighted by Crippen LogP contribution is -2.18. The van der Waals surface area contributed by atoms with E-state index >= 15 is 0 Å². The average Bonchev–Trinajstić information content (AvgIpc) is 3.17. The van der Waals surface area contributed by atoms with Gasteiger partial charge in [0.05, 0.1) is 16.6 Å². The monoisotopic (exact) mass is 430 g/mol. The second kappa shape index (κ2) is 7.23. The van der Waals surface area contributed by atoms with Crippen molar-refractivity contribution in [2.45, 2.75) is 17.8 Å².